The van der Waals surface area contributed by atoms with Crippen LogP contribution in [-0.4, -0.2) is 30.1 Å². The molecule has 25 heavy (non-hydrogen) atoms. The number of esters is 1. The predicted molar refractivity (Wildman–Crippen MR) is 95.3 cm³/mol. The number of nitrogens with zero attached hydrogens (tertiary/aromatic N) is 1. The second-order valence-electron chi connectivity index (χ2n) is 5.80. The van der Waals surface area contributed by atoms with Crippen LogP contribution in [0, 0.1) is 13.8 Å². The van der Waals surface area contributed by atoms with Gasteiger partial charge in [0, 0.05) is 12.2 Å². The van der Waals surface area contributed by atoms with Gasteiger partial charge in [-0.05, 0) is 50.1 Å². The largest absolute Gasteiger partial charge is 0.467 e. The van der Waals surface area contributed by atoms with E-state index in [2.05, 4.69) is 5.32 Å². The summed E-state index contributed by atoms with van der Waals surface area (Å²) < 4.78 is 10.3. The van der Waals surface area contributed by atoms with Gasteiger partial charge >= 0.3 is 12.0 Å². The zero-order chi connectivity index (χ0) is 18.2. The summed E-state index contributed by atoms with van der Waals surface area (Å²) in [5, 5.41) is 2.91. The number of hydrogen-bond acceptors (Lipinski definition) is 4. The van der Waals surface area contributed by atoms with Gasteiger partial charge in [-0.15, -0.1) is 0 Å². The lowest BCUT2D eigenvalue weighted by Gasteiger charge is -2.22. The highest BCUT2D eigenvalue weighted by molar-refractivity contribution is 5.90. The van der Waals surface area contributed by atoms with Crippen LogP contribution in [0.2, 0.25) is 0 Å². The highest BCUT2D eigenvalue weighted by atomic mass is 16.5. The van der Waals surface area contributed by atoms with Crippen LogP contribution in [0.1, 0.15) is 30.2 Å². The maximum absolute atomic E-state index is 12.7. The molecule has 0 unspecified atom stereocenters. The molecule has 0 saturated carbocycles. The third-order valence-electron chi connectivity index (χ3n) is 3.74. The lowest BCUT2D eigenvalue weighted by atomic mass is 10.1. The van der Waals surface area contributed by atoms with Crippen LogP contribution in [0.25, 0.3) is 0 Å². The zero-order valence-corrected chi connectivity index (χ0v) is 14.9. The first-order valence-corrected chi connectivity index (χ1v) is 8.30. The molecule has 0 bridgehead atoms. The third kappa shape index (κ3) is 5.67. The lowest BCUT2D eigenvalue weighted by Crippen LogP contribution is -2.36. The van der Waals surface area contributed by atoms with Crippen molar-refractivity contribution in [2.24, 2.45) is 0 Å². The number of nitrogens with one attached hydrogen (secondary N) is 1. The molecule has 0 saturated heterocycles. The van der Waals surface area contributed by atoms with Crippen molar-refractivity contribution in [1.29, 1.82) is 0 Å². The summed E-state index contributed by atoms with van der Waals surface area (Å²) in [5.74, 6) is 0.325. The number of benzene rings is 1. The van der Waals surface area contributed by atoms with E-state index in [4.69, 9.17) is 9.15 Å². The van der Waals surface area contributed by atoms with Crippen molar-refractivity contribution in [3.05, 3.63) is 53.5 Å². The van der Waals surface area contributed by atoms with Crippen molar-refractivity contribution in [3.8, 4) is 0 Å². The van der Waals surface area contributed by atoms with Crippen LogP contribution < -0.4 is 5.32 Å². The molecule has 0 spiro atoms. The van der Waals surface area contributed by atoms with Gasteiger partial charge < -0.3 is 19.4 Å². The number of furan rings is 1. The van der Waals surface area contributed by atoms with Gasteiger partial charge in [-0.3, -0.25) is 4.79 Å². The van der Waals surface area contributed by atoms with Gasteiger partial charge in [0.2, 0.25) is 0 Å². The number of ether oxygens (including phenoxy) is 1. The lowest BCUT2D eigenvalue weighted by molar-refractivity contribution is -0.143. The Kier molecular flexibility index (Phi) is 6.62. The number of rotatable bonds is 7. The Labute approximate surface area is 147 Å². The molecule has 1 heterocycles. The fourth-order valence-corrected chi connectivity index (χ4v) is 2.37. The molecule has 0 radical (unpaired) electrons. The maximum atomic E-state index is 12.7. The van der Waals surface area contributed by atoms with Crippen LogP contribution in [0.15, 0.2) is 41.0 Å². The normalized spacial score (nSPS) is 10.4. The van der Waals surface area contributed by atoms with E-state index in [1.165, 1.54) is 4.90 Å². The van der Waals surface area contributed by atoms with E-state index in [0.717, 1.165) is 16.8 Å². The summed E-state index contributed by atoms with van der Waals surface area (Å²) >= 11 is 0. The van der Waals surface area contributed by atoms with Crippen molar-refractivity contribution in [2.45, 2.75) is 33.7 Å². The standard InChI is InChI=1S/C19H24N2O4/c1-4-24-18(22)9-10-21(13-16-6-5-11-25-16)19(23)20-17-12-14(2)7-8-15(17)3/h5-8,11-12H,4,9-10,13H2,1-3H3,(H,20,23). The first kappa shape index (κ1) is 18.6. The van der Waals surface area contributed by atoms with E-state index >= 15 is 0 Å². The Hall–Kier alpha value is -2.76. The summed E-state index contributed by atoms with van der Waals surface area (Å²) in [6, 6.07) is 9.15. The first-order chi connectivity index (χ1) is 12.0. The molecule has 134 valence electrons. The van der Waals surface area contributed by atoms with Crippen molar-refractivity contribution in [2.75, 3.05) is 18.5 Å². The second kappa shape index (κ2) is 8.92. The topological polar surface area (TPSA) is 71.8 Å². The number of anilines is 1. The molecule has 1 N–H and O–H groups in total. The highest BCUT2D eigenvalue weighted by Gasteiger charge is 2.18. The fraction of sp³-hybridized carbons (Fsp3) is 0.368. The van der Waals surface area contributed by atoms with Crippen molar-refractivity contribution in [3.63, 3.8) is 0 Å². The summed E-state index contributed by atoms with van der Waals surface area (Å²) in [4.78, 5) is 25.9. The smallest absolute Gasteiger partial charge is 0.322 e. The fourth-order valence-electron chi connectivity index (χ4n) is 2.37. The van der Waals surface area contributed by atoms with E-state index in [-0.39, 0.29) is 31.5 Å². The molecule has 0 fully saturated rings. The number of carbonyl (C=O) groups is 2. The average Bonchev–Trinajstić information content (AvgIpc) is 3.08. The predicted octanol–water partition coefficient (Wildman–Crippen LogP) is 3.88. The van der Waals surface area contributed by atoms with E-state index in [9.17, 15) is 9.59 Å². The minimum atomic E-state index is -0.327. The van der Waals surface area contributed by atoms with E-state index in [0.29, 0.717) is 12.4 Å². The minimum absolute atomic E-state index is 0.134. The summed E-state index contributed by atoms with van der Waals surface area (Å²) in [6.45, 7) is 6.51. The Morgan fingerprint density at radius 2 is 2.04 bits per heavy atom. The van der Waals surface area contributed by atoms with Gasteiger partial charge in [-0.1, -0.05) is 12.1 Å². The summed E-state index contributed by atoms with van der Waals surface area (Å²) in [6.07, 6.45) is 1.69. The van der Waals surface area contributed by atoms with Gasteiger partial charge in [0.15, 0.2) is 0 Å². The van der Waals surface area contributed by atoms with Crippen LogP contribution in [0.5, 0.6) is 0 Å². The molecule has 1 aromatic heterocycles. The minimum Gasteiger partial charge on any atom is -0.467 e. The molecule has 0 aliphatic heterocycles. The van der Waals surface area contributed by atoms with Crippen LogP contribution in [0.3, 0.4) is 0 Å². The molecule has 1 aromatic carbocycles. The molecule has 0 aliphatic rings. The summed E-state index contributed by atoms with van der Waals surface area (Å²) in [5.41, 5.74) is 2.79. The average molecular weight is 344 g/mol. The van der Waals surface area contributed by atoms with Gasteiger partial charge in [0.25, 0.3) is 0 Å². The summed E-state index contributed by atoms with van der Waals surface area (Å²) in [7, 11) is 0. The highest BCUT2D eigenvalue weighted by Crippen LogP contribution is 2.18. The Bertz CT molecular complexity index is 710. The quantitative estimate of drug-likeness (QED) is 0.774. The van der Waals surface area contributed by atoms with Crippen LogP contribution in [0.4, 0.5) is 10.5 Å². The Morgan fingerprint density at radius 3 is 2.72 bits per heavy atom. The number of carbonyl (C=O) groups excluding carboxylic acids is 2. The van der Waals surface area contributed by atoms with Crippen molar-refractivity contribution in [1.82, 2.24) is 4.90 Å². The van der Waals surface area contributed by atoms with Crippen molar-refractivity contribution < 1.29 is 18.7 Å². The van der Waals surface area contributed by atoms with Gasteiger partial charge in [-0.2, -0.15) is 0 Å². The molecule has 0 atom stereocenters. The van der Waals surface area contributed by atoms with E-state index in [1.54, 1.807) is 25.3 Å². The molecule has 0 aliphatic carbocycles. The molecule has 6 nitrogen and oxygen atoms in total. The van der Waals surface area contributed by atoms with Gasteiger partial charge in [0.1, 0.15) is 5.76 Å². The number of hydrogen-bond donors (Lipinski definition) is 1. The monoisotopic (exact) mass is 344 g/mol. The second-order valence-corrected chi connectivity index (χ2v) is 5.80. The molecular formula is C19H24N2O4. The van der Waals surface area contributed by atoms with Crippen LogP contribution in [-0.2, 0) is 16.1 Å². The zero-order valence-electron chi connectivity index (χ0n) is 14.9. The number of urea groups is 1. The maximum Gasteiger partial charge on any atom is 0.322 e. The molecule has 2 aromatic rings. The van der Waals surface area contributed by atoms with Crippen molar-refractivity contribution >= 4 is 17.7 Å². The van der Waals surface area contributed by atoms with E-state index in [1.807, 2.05) is 32.0 Å². The number of amides is 2. The number of aryl methyl sites for hydroxylation is 2. The molecule has 2 amide bonds. The van der Waals surface area contributed by atoms with Gasteiger partial charge in [-0.25, -0.2) is 4.79 Å². The molecule has 6 heteroatoms. The van der Waals surface area contributed by atoms with Crippen LogP contribution >= 0.6 is 0 Å². The Balaban J connectivity index is 2.08. The van der Waals surface area contributed by atoms with E-state index < -0.39 is 0 Å². The SMILES string of the molecule is CCOC(=O)CCN(Cc1ccco1)C(=O)Nc1cc(C)ccc1C. The molecule has 2 rings (SSSR count). The third-order valence-corrected chi connectivity index (χ3v) is 3.74. The first-order valence-electron chi connectivity index (χ1n) is 8.30. The molecular weight excluding hydrogens is 320 g/mol. The van der Waals surface area contributed by atoms with Gasteiger partial charge in [0.05, 0.1) is 25.8 Å². The Morgan fingerprint density at radius 1 is 1.24 bits per heavy atom.